The van der Waals surface area contributed by atoms with E-state index in [0.29, 0.717) is 16.4 Å². The van der Waals surface area contributed by atoms with E-state index in [1.165, 1.54) is 7.11 Å². The van der Waals surface area contributed by atoms with Gasteiger partial charge in [0.25, 0.3) is 0 Å². The second-order valence-corrected chi connectivity index (χ2v) is 6.87. The maximum absolute atomic E-state index is 11.8. The van der Waals surface area contributed by atoms with Crippen molar-refractivity contribution in [3.05, 3.63) is 23.2 Å². The molecule has 1 aromatic carbocycles. The number of carbonyl (C=O) groups is 1. The summed E-state index contributed by atoms with van der Waals surface area (Å²) in [5, 5.41) is 3.27. The van der Waals surface area contributed by atoms with Crippen LogP contribution < -0.4 is 21.7 Å². The predicted octanol–water partition coefficient (Wildman–Crippen LogP) is 2.03. The van der Waals surface area contributed by atoms with Gasteiger partial charge in [0.1, 0.15) is 12.3 Å². The molecule has 0 saturated heterocycles. The van der Waals surface area contributed by atoms with Gasteiger partial charge < -0.3 is 21.5 Å². The maximum Gasteiger partial charge on any atom is 0.250 e. The van der Waals surface area contributed by atoms with Gasteiger partial charge in [0.05, 0.1) is 10.7 Å². The Balaban J connectivity index is 2.00. The van der Waals surface area contributed by atoms with Crippen LogP contribution in [0, 0.1) is 0 Å². The van der Waals surface area contributed by atoms with Crippen LogP contribution in [0.2, 0.25) is 5.02 Å². The molecule has 1 fully saturated rings. The van der Waals surface area contributed by atoms with Gasteiger partial charge in [0.15, 0.2) is 0 Å². The fourth-order valence-electron chi connectivity index (χ4n) is 3.56. The SMILES string of the molecule is COCC(=O)Nc1ccc(Cl)c(N2C(N)=NC(N)=NC23CCCCC3)c1. The Morgan fingerprint density at radius 3 is 2.77 bits per heavy atom. The van der Waals surface area contributed by atoms with E-state index in [1.54, 1.807) is 18.2 Å². The van der Waals surface area contributed by atoms with Crippen molar-refractivity contribution in [3.8, 4) is 0 Å². The van der Waals surface area contributed by atoms with Crippen molar-refractivity contribution in [1.82, 2.24) is 0 Å². The van der Waals surface area contributed by atoms with Crippen LogP contribution in [0.25, 0.3) is 0 Å². The summed E-state index contributed by atoms with van der Waals surface area (Å²) < 4.78 is 4.85. The fourth-order valence-corrected chi connectivity index (χ4v) is 3.76. The van der Waals surface area contributed by atoms with Crippen LogP contribution in [-0.4, -0.2) is 37.2 Å². The fraction of sp³-hybridized carbons (Fsp3) is 0.471. The summed E-state index contributed by atoms with van der Waals surface area (Å²) in [6.07, 6.45) is 4.79. The molecule has 1 aromatic rings. The van der Waals surface area contributed by atoms with Crippen molar-refractivity contribution in [3.63, 3.8) is 0 Å². The number of rotatable bonds is 4. The predicted molar refractivity (Wildman–Crippen MR) is 103 cm³/mol. The molecule has 2 aliphatic rings. The third-order valence-corrected chi connectivity index (χ3v) is 4.92. The van der Waals surface area contributed by atoms with E-state index in [-0.39, 0.29) is 24.4 Å². The molecule has 1 spiro atoms. The van der Waals surface area contributed by atoms with Crippen LogP contribution in [0.5, 0.6) is 0 Å². The van der Waals surface area contributed by atoms with E-state index in [0.717, 1.165) is 32.1 Å². The van der Waals surface area contributed by atoms with E-state index in [1.807, 2.05) is 4.90 Å². The van der Waals surface area contributed by atoms with Crippen molar-refractivity contribution in [2.75, 3.05) is 23.9 Å². The summed E-state index contributed by atoms with van der Waals surface area (Å²) in [7, 11) is 1.47. The minimum Gasteiger partial charge on any atom is -0.375 e. The van der Waals surface area contributed by atoms with Gasteiger partial charge in [-0.3, -0.25) is 9.69 Å². The van der Waals surface area contributed by atoms with Gasteiger partial charge in [0, 0.05) is 12.8 Å². The maximum atomic E-state index is 11.8. The molecule has 0 atom stereocenters. The number of halogens is 1. The number of aliphatic imine (C=N–C) groups is 2. The van der Waals surface area contributed by atoms with Gasteiger partial charge in [0.2, 0.25) is 17.8 Å². The second kappa shape index (κ2) is 7.51. The molecule has 9 heteroatoms. The largest absolute Gasteiger partial charge is 0.375 e. The average molecular weight is 379 g/mol. The lowest BCUT2D eigenvalue weighted by atomic mass is 9.87. The summed E-state index contributed by atoms with van der Waals surface area (Å²) in [5.41, 5.74) is 12.8. The van der Waals surface area contributed by atoms with Gasteiger partial charge in [-0.15, -0.1) is 0 Å². The van der Waals surface area contributed by atoms with E-state index < -0.39 is 5.66 Å². The van der Waals surface area contributed by atoms with Crippen LogP contribution in [0.3, 0.4) is 0 Å². The minimum absolute atomic E-state index is 0.0317. The Morgan fingerprint density at radius 1 is 1.35 bits per heavy atom. The molecular formula is C17H23ClN6O2. The number of nitrogens with one attached hydrogen (secondary N) is 1. The average Bonchev–Trinajstić information content (AvgIpc) is 2.58. The first-order valence-electron chi connectivity index (χ1n) is 8.53. The monoisotopic (exact) mass is 378 g/mol. The van der Waals surface area contributed by atoms with E-state index in [2.05, 4.69) is 15.3 Å². The number of guanidine groups is 2. The number of hydrogen-bond donors (Lipinski definition) is 3. The molecule has 8 nitrogen and oxygen atoms in total. The highest BCUT2D eigenvalue weighted by molar-refractivity contribution is 6.34. The van der Waals surface area contributed by atoms with Crippen molar-refractivity contribution >= 4 is 40.8 Å². The van der Waals surface area contributed by atoms with Gasteiger partial charge in [-0.2, -0.15) is 4.99 Å². The van der Waals surface area contributed by atoms with E-state index >= 15 is 0 Å². The third kappa shape index (κ3) is 3.61. The van der Waals surface area contributed by atoms with Crippen LogP contribution >= 0.6 is 11.6 Å². The summed E-state index contributed by atoms with van der Waals surface area (Å²) in [4.78, 5) is 22.4. The lowest BCUT2D eigenvalue weighted by Gasteiger charge is -2.45. The summed E-state index contributed by atoms with van der Waals surface area (Å²) in [6.45, 7) is -0.0317. The lowest BCUT2D eigenvalue weighted by molar-refractivity contribution is -0.119. The molecule has 5 N–H and O–H groups in total. The topological polar surface area (TPSA) is 118 Å². The molecule has 0 unspecified atom stereocenters. The molecule has 1 aliphatic heterocycles. The Hall–Kier alpha value is -2.32. The molecule has 140 valence electrons. The molecular weight excluding hydrogens is 356 g/mol. The Kier molecular flexibility index (Phi) is 5.33. The number of benzene rings is 1. The van der Waals surface area contributed by atoms with Gasteiger partial charge in [-0.1, -0.05) is 18.0 Å². The van der Waals surface area contributed by atoms with Crippen molar-refractivity contribution in [1.29, 1.82) is 0 Å². The first kappa shape index (κ1) is 18.5. The zero-order chi connectivity index (χ0) is 18.7. The number of nitrogens with two attached hydrogens (primary N) is 2. The first-order chi connectivity index (χ1) is 12.4. The summed E-state index contributed by atoms with van der Waals surface area (Å²) in [5.74, 6) is 0.179. The molecule has 1 heterocycles. The zero-order valence-corrected chi connectivity index (χ0v) is 15.4. The van der Waals surface area contributed by atoms with Crippen LogP contribution in [0.4, 0.5) is 11.4 Å². The zero-order valence-electron chi connectivity index (χ0n) is 14.7. The van der Waals surface area contributed by atoms with Crippen molar-refractivity contribution in [2.24, 2.45) is 21.5 Å². The van der Waals surface area contributed by atoms with Gasteiger partial charge in [-0.25, -0.2) is 4.99 Å². The molecule has 0 radical (unpaired) electrons. The highest BCUT2D eigenvalue weighted by Gasteiger charge is 2.43. The number of hydrogen-bond acceptors (Lipinski definition) is 7. The smallest absolute Gasteiger partial charge is 0.250 e. The molecule has 1 aliphatic carbocycles. The Labute approximate surface area is 157 Å². The van der Waals surface area contributed by atoms with Gasteiger partial charge >= 0.3 is 0 Å². The number of anilines is 2. The lowest BCUT2D eigenvalue weighted by Crippen LogP contribution is -2.58. The third-order valence-electron chi connectivity index (χ3n) is 4.60. The molecule has 0 bridgehead atoms. The minimum atomic E-state index is -0.590. The van der Waals surface area contributed by atoms with Crippen molar-refractivity contribution in [2.45, 2.75) is 37.8 Å². The summed E-state index contributed by atoms with van der Waals surface area (Å²) in [6, 6.07) is 5.21. The van der Waals surface area contributed by atoms with E-state index in [9.17, 15) is 4.79 Å². The standard InChI is InChI=1S/C17H23ClN6O2/c1-26-10-14(25)21-11-5-6-12(18)13(9-11)24-16(20)22-15(19)23-17(24)7-3-2-4-8-17/h5-6,9H,2-4,7-8,10H2,1H3,(H,21,25)(H4,19,20,22,23). The number of methoxy groups -OCH3 is 1. The number of ether oxygens (including phenoxy) is 1. The normalized spacial score (nSPS) is 19.1. The summed E-state index contributed by atoms with van der Waals surface area (Å²) >= 11 is 6.46. The first-order valence-corrected chi connectivity index (χ1v) is 8.91. The number of carbonyl (C=O) groups excluding carboxylic acids is 1. The van der Waals surface area contributed by atoms with Gasteiger partial charge in [-0.05, 0) is 43.9 Å². The number of nitrogens with zero attached hydrogens (tertiary/aromatic N) is 3. The Bertz CT molecular complexity index is 758. The highest BCUT2D eigenvalue weighted by atomic mass is 35.5. The Morgan fingerprint density at radius 2 is 2.08 bits per heavy atom. The molecule has 3 rings (SSSR count). The number of amides is 1. The molecule has 1 amide bonds. The van der Waals surface area contributed by atoms with Crippen LogP contribution in [0.15, 0.2) is 28.2 Å². The van der Waals surface area contributed by atoms with E-state index in [4.69, 9.17) is 27.8 Å². The highest BCUT2D eigenvalue weighted by Crippen LogP contribution is 2.42. The second-order valence-electron chi connectivity index (χ2n) is 6.47. The molecule has 26 heavy (non-hydrogen) atoms. The molecule has 1 saturated carbocycles. The van der Waals surface area contributed by atoms with Crippen molar-refractivity contribution < 1.29 is 9.53 Å². The molecule has 0 aromatic heterocycles. The quantitative estimate of drug-likeness (QED) is 0.740. The van der Waals surface area contributed by atoms with Crippen LogP contribution in [0.1, 0.15) is 32.1 Å². The van der Waals surface area contributed by atoms with Crippen LogP contribution in [-0.2, 0) is 9.53 Å².